The first-order chi connectivity index (χ1) is 11.2. The van der Waals surface area contributed by atoms with Crippen LogP contribution in [0.15, 0.2) is 16.9 Å². The molecule has 0 unspecified atom stereocenters. The van der Waals surface area contributed by atoms with Crippen molar-refractivity contribution in [2.75, 3.05) is 36.5 Å². The second kappa shape index (κ2) is 6.87. The average molecular weight is 318 g/mol. The van der Waals surface area contributed by atoms with E-state index in [1.807, 2.05) is 12.1 Å². The van der Waals surface area contributed by atoms with Crippen molar-refractivity contribution in [1.29, 1.82) is 0 Å². The Morgan fingerprint density at radius 2 is 1.96 bits per heavy atom. The molecule has 7 nitrogen and oxygen atoms in total. The third-order valence-corrected chi connectivity index (χ3v) is 4.02. The Morgan fingerprint density at radius 1 is 1.26 bits per heavy atom. The van der Waals surface area contributed by atoms with Crippen LogP contribution in [-0.4, -0.2) is 42.2 Å². The predicted octanol–water partition coefficient (Wildman–Crippen LogP) is 1.82. The van der Waals surface area contributed by atoms with Gasteiger partial charge in [-0.1, -0.05) is 13.3 Å². The van der Waals surface area contributed by atoms with Crippen molar-refractivity contribution in [2.45, 2.75) is 26.2 Å². The number of rotatable bonds is 5. The molecule has 0 bridgehead atoms. The van der Waals surface area contributed by atoms with Crippen molar-refractivity contribution in [2.24, 2.45) is 0 Å². The zero-order valence-corrected chi connectivity index (χ0v) is 13.3. The van der Waals surface area contributed by atoms with Crippen molar-refractivity contribution in [1.82, 2.24) is 9.97 Å². The molecule has 1 amide bonds. The quantitative estimate of drug-likeness (QED) is 0.784. The summed E-state index contributed by atoms with van der Waals surface area (Å²) in [7, 11) is 0. The molecule has 3 rings (SSSR count). The second-order valence-electron chi connectivity index (χ2n) is 5.75. The minimum absolute atomic E-state index is 0.00130. The predicted molar refractivity (Wildman–Crippen MR) is 90.1 cm³/mol. The van der Waals surface area contributed by atoms with Crippen LogP contribution in [0.1, 0.15) is 26.2 Å². The second-order valence-corrected chi connectivity index (χ2v) is 5.75. The van der Waals surface area contributed by atoms with Crippen molar-refractivity contribution >= 4 is 28.3 Å². The molecule has 0 spiro atoms. The van der Waals surface area contributed by atoms with E-state index in [4.69, 9.17) is 4.74 Å². The largest absolute Gasteiger partial charge is 0.378 e. The number of hydrogen-bond donors (Lipinski definition) is 3. The highest BCUT2D eigenvalue weighted by atomic mass is 16.5. The van der Waals surface area contributed by atoms with Gasteiger partial charge >= 0.3 is 5.69 Å². The normalized spacial score (nSPS) is 15.1. The molecule has 1 aliphatic rings. The standard InChI is InChI=1S/C16H22N4O3/c1-2-3-4-15(21)17-13-9-11-12(19-16(22)18-11)10-14(13)20-5-7-23-8-6-20/h9-10H,2-8H2,1H3,(H,17,21)(H2,18,19,22). The van der Waals surface area contributed by atoms with Gasteiger partial charge in [0.15, 0.2) is 0 Å². The highest BCUT2D eigenvalue weighted by Gasteiger charge is 2.18. The Morgan fingerprint density at radius 3 is 2.65 bits per heavy atom. The number of hydrogen-bond acceptors (Lipinski definition) is 4. The van der Waals surface area contributed by atoms with Crippen LogP contribution in [0.25, 0.3) is 11.0 Å². The number of morpholine rings is 1. The summed E-state index contributed by atoms with van der Waals surface area (Å²) in [4.78, 5) is 31.3. The van der Waals surface area contributed by atoms with Crippen LogP contribution >= 0.6 is 0 Å². The van der Waals surface area contributed by atoms with E-state index >= 15 is 0 Å². The van der Waals surface area contributed by atoms with E-state index in [2.05, 4.69) is 27.1 Å². The number of imidazole rings is 1. The van der Waals surface area contributed by atoms with Gasteiger partial charge in [-0.15, -0.1) is 0 Å². The van der Waals surface area contributed by atoms with Crippen LogP contribution in [0.2, 0.25) is 0 Å². The number of unbranched alkanes of at least 4 members (excludes halogenated alkanes) is 1. The smallest absolute Gasteiger partial charge is 0.323 e. The van der Waals surface area contributed by atoms with E-state index in [0.29, 0.717) is 25.2 Å². The van der Waals surface area contributed by atoms with Gasteiger partial charge in [-0.2, -0.15) is 0 Å². The first kappa shape index (κ1) is 15.6. The molecule has 1 aliphatic heterocycles. The molecule has 0 atom stereocenters. The number of carbonyl (C=O) groups is 1. The summed E-state index contributed by atoms with van der Waals surface area (Å²) in [6, 6.07) is 3.73. The van der Waals surface area contributed by atoms with Gasteiger partial charge in [0.05, 0.1) is 35.6 Å². The van der Waals surface area contributed by atoms with E-state index in [-0.39, 0.29) is 11.6 Å². The zero-order chi connectivity index (χ0) is 16.2. The Bertz CT molecular complexity index is 743. The SMILES string of the molecule is CCCCC(=O)Nc1cc2[nH]c(=O)[nH]c2cc1N1CCOCC1. The molecule has 1 saturated heterocycles. The lowest BCUT2D eigenvalue weighted by Crippen LogP contribution is -2.36. The van der Waals surface area contributed by atoms with Gasteiger partial charge in [0.2, 0.25) is 5.91 Å². The molecule has 0 aliphatic carbocycles. The van der Waals surface area contributed by atoms with Gasteiger partial charge in [-0.3, -0.25) is 4.79 Å². The Balaban J connectivity index is 1.94. The summed E-state index contributed by atoms with van der Waals surface area (Å²) in [5.74, 6) is -0.00130. The highest BCUT2D eigenvalue weighted by Crippen LogP contribution is 2.30. The number of ether oxygens (including phenoxy) is 1. The van der Waals surface area contributed by atoms with Gasteiger partial charge < -0.3 is 24.9 Å². The molecule has 0 saturated carbocycles. The van der Waals surface area contributed by atoms with Crippen molar-refractivity contribution in [3.05, 3.63) is 22.6 Å². The lowest BCUT2D eigenvalue weighted by Gasteiger charge is -2.30. The minimum Gasteiger partial charge on any atom is -0.378 e. The van der Waals surface area contributed by atoms with Crippen LogP contribution in [0.5, 0.6) is 0 Å². The lowest BCUT2D eigenvalue weighted by atomic mass is 10.2. The molecular weight excluding hydrogens is 296 g/mol. The van der Waals surface area contributed by atoms with Crippen LogP contribution < -0.4 is 15.9 Å². The number of anilines is 2. The number of aromatic nitrogens is 2. The molecule has 7 heteroatoms. The maximum absolute atomic E-state index is 12.1. The summed E-state index contributed by atoms with van der Waals surface area (Å²) in [6.07, 6.45) is 2.34. The van der Waals surface area contributed by atoms with Gasteiger partial charge in [0.1, 0.15) is 0 Å². The highest BCUT2D eigenvalue weighted by molar-refractivity contribution is 5.98. The Labute approximate surface area is 134 Å². The van der Waals surface area contributed by atoms with E-state index in [1.54, 1.807) is 0 Å². The van der Waals surface area contributed by atoms with Crippen molar-refractivity contribution in [3.63, 3.8) is 0 Å². The molecule has 2 heterocycles. The molecular formula is C16H22N4O3. The number of H-pyrrole nitrogens is 2. The first-order valence-corrected chi connectivity index (χ1v) is 8.06. The number of benzene rings is 1. The van der Waals surface area contributed by atoms with Gasteiger partial charge in [0.25, 0.3) is 0 Å². The number of carbonyl (C=O) groups excluding carboxylic acids is 1. The number of amides is 1. The monoisotopic (exact) mass is 318 g/mol. The average Bonchev–Trinajstić information content (AvgIpc) is 2.92. The van der Waals surface area contributed by atoms with Crippen LogP contribution in [0.4, 0.5) is 11.4 Å². The molecule has 3 N–H and O–H groups in total. The first-order valence-electron chi connectivity index (χ1n) is 8.06. The summed E-state index contributed by atoms with van der Waals surface area (Å²) < 4.78 is 5.39. The van der Waals surface area contributed by atoms with Gasteiger partial charge in [-0.25, -0.2) is 4.79 Å². The van der Waals surface area contributed by atoms with Gasteiger partial charge in [0, 0.05) is 19.5 Å². The summed E-state index contributed by atoms with van der Waals surface area (Å²) >= 11 is 0. The zero-order valence-electron chi connectivity index (χ0n) is 13.3. The molecule has 1 aromatic heterocycles. The van der Waals surface area contributed by atoms with Gasteiger partial charge in [-0.05, 0) is 18.6 Å². The number of fused-ring (bicyclic) bond motifs is 1. The maximum atomic E-state index is 12.1. The number of nitrogens with one attached hydrogen (secondary N) is 3. The van der Waals surface area contributed by atoms with Crippen molar-refractivity contribution in [3.8, 4) is 0 Å². The molecule has 2 aromatic rings. The van der Waals surface area contributed by atoms with Crippen LogP contribution in [-0.2, 0) is 9.53 Å². The summed E-state index contributed by atoms with van der Waals surface area (Å²) in [5.41, 5.74) is 2.83. The van der Waals surface area contributed by atoms with E-state index < -0.39 is 0 Å². The fraction of sp³-hybridized carbons (Fsp3) is 0.500. The van der Waals surface area contributed by atoms with E-state index in [1.165, 1.54) is 0 Å². The molecule has 1 aromatic carbocycles. The summed E-state index contributed by atoms with van der Waals surface area (Å²) in [5, 5.41) is 2.99. The molecule has 1 fully saturated rings. The van der Waals surface area contributed by atoms with Crippen LogP contribution in [0, 0.1) is 0 Å². The topological polar surface area (TPSA) is 90.2 Å². The summed E-state index contributed by atoms with van der Waals surface area (Å²) in [6.45, 7) is 4.90. The van der Waals surface area contributed by atoms with Crippen LogP contribution in [0.3, 0.4) is 0 Å². The van der Waals surface area contributed by atoms with Crippen molar-refractivity contribution < 1.29 is 9.53 Å². The molecule has 0 radical (unpaired) electrons. The molecule has 124 valence electrons. The fourth-order valence-corrected chi connectivity index (χ4v) is 2.79. The third kappa shape index (κ3) is 3.56. The van der Waals surface area contributed by atoms with E-state index in [0.717, 1.165) is 42.8 Å². The Kier molecular flexibility index (Phi) is 4.66. The Hall–Kier alpha value is -2.28. The maximum Gasteiger partial charge on any atom is 0.323 e. The molecule has 23 heavy (non-hydrogen) atoms. The number of aromatic amines is 2. The number of nitrogens with zero attached hydrogens (tertiary/aromatic N) is 1. The third-order valence-electron chi connectivity index (χ3n) is 4.02. The minimum atomic E-state index is -0.248. The van der Waals surface area contributed by atoms with E-state index in [9.17, 15) is 9.59 Å². The fourth-order valence-electron chi connectivity index (χ4n) is 2.79. The lowest BCUT2D eigenvalue weighted by molar-refractivity contribution is -0.116.